The Morgan fingerprint density at radius 2 is 1.88 bits per heavy atom. The highest BCUT2D eigenvalue weighted by molar-refractivity contribution is 7.89. The minimum Gasteiger partial charge on any atom is -0.497 e. The van der Waals surface area contributed by atoms with Crippen LogP contribution in [-0.4, -0.2) is 33.0 Å². The lowest BCUT2D eigenvalue weighted by molar-refractivity contribution is -0.143. The van der Waals surface area contributed by atoms with Crippen molar-refractivity contribution in [1.29, 1.82) is 0 Å². The number of rotatable bonds is 7. The second kappa shape index (κ2) is 7.81. The molecule has 1 heterocycles. The molecule has 0 radical (unpaired) electrons. The maximum Gasteiger partial charge on any atom is 0.321 e. The number of methoxy groups -OCH3 is 1. The fourth-order valence-electron chi connectivity index (χ4n) is 2.17. The Morgan fingerprint density at radius 3 is 2.58 bits per heavy atom. The van der Waals surface area contributed by atoms with Crippen LogP contribution < -0.4 is 9.46 Å². The molecule has 0 spiro atoms. The van der Waals surface area contributed by atoms with E-state index >= 15 is 0 Å². The summed E-state index contributed by atoms with van der Waals surface area (Å²) in [6.45, 7) is -0.457. The first-order valence-corrected chi connectivity index (χ1v) is 9.92. The Labute approximate surface area is 154 Å². The number of fused-ring (bicyclic) bond motifs is 1. The first-order valence-electron chi connectivity index (χ1n) is 7.62. The number of nitrogens with zero attached hydrogens (tertiary/aromatic N) is 1. The fraction of sp³-hybridized carbons (Fsp3) is 0.176. The zero-order chi connectivity index (χ0) is 18.6. The number of ether oxygens (including phenoxy) is 2. The molecule has 0 aliphatic rings. The van der Waals surface area contributed by atoms with Crippen molar-refractivity contribution in [2.45, 2.75) is 11.5 Å². The van der Waals surface area contributed by atoms with Crippen molar-refractivity contribution < 1.29 is 22.7 Å². The lowest BCUT2D eigenvalue weighted by Gasteiger charge is -2.07. The van der Waals surface area contributed by atoms with Gasteiger partial charge in [0.05, 0.1) is 22.2 Å². The Balaban J connectivity index is 1.54. The quantitative estimate of drug-likeness (QED) is 0.620. The number of sulfonamides is 1. The molecule has 0 aliphatic carbocycles. The standard InChI is InChI=1S/C17H16N2O5S2/c1-23-12-6-8-13(9-7-12)26(21,22)18-10-17(20)24-11-16-19-14-4-2-3-5-15(14)25-16/h2-9,18H,10-11H2,1H3. The van der Waals surface area contributed by atoms with Crippen molar-refractivity contribution in [3.05, 3.63) is 53.5 Å². The second-order valence-electron chi connectivity index (χ2n) is 5.24. The largest absolute Gasteiger partial charge is 0.497 e. The van der Waals surface area contributed by atoms with E-state index in [2.05, 4.69) is 9.71 Å². The Bertz CT molecular complexity index is 980. The summed E-state index contributed by atoms with van der Waals surface area (Å²) >= 11 is 1.42. The van der Waals surface area contributed by atoms with Gasteiger partial charge in [0.15, 0.2) is 0 Å². The Kier molecular flexibility index (Phi) is 5.50. The van der Waals surface area contributed by atoms with E-state index in [1.54, 1.807) is 0 Å². The number of benzene rings is 2. The van der Waals surface area contributed by atoms with Crippen LogP contribution in [0, 0.1) is 0 Å². The van der Waals surface area contributed by atoms with Gasteiger partial charge >= 0.3 is 5.97 Å². The summed E-state index contributed by atoms with van der Waals surface area (Å²) in [5.41, 5.74) is 0.837. The van der Waals surface area contributed by atoms with Gasteiger partial charge in [0.25, 0.3) is 0 Å². The fourth-order valence-corrected chi connectivity index (χ4v) is 4.02. The van der Waals surface area contributed by atoms with Crippen LogP contribution >= 0.6 is 11.3 Å². The molecular formula is C17H16N2O5S2. The van der Waals surface area contributed by atoms with E-state index < -0.39 is 22.5 Å². The Morgan fingerprint density at radius 1 is 1.15 bits per heavy atom. The van der Waals surface area contributed by atoms with Crippen molar-refractivity contribution in [3.63, 3.8) is 0 Å². The number of nitrogens with one attached hydrogen (secondary N) is 1. The number of carbonyl (C=O) groups excluding carboxylic acids is 1. The molecule has 3 aromatic rings. The van der Waals surface area contributed by atoms with Crippen LogP contribution in [0.5, 0.6) is 5.75 Å². The monoisotopic (exact) mass is 392 g/mol. The summed E-state index contributed by atoms with van der Waals surface area (Å²) < 4.78 is 37.6. The van der Waals surface area contributed by atoms with Gasteiger partial charge in [-0.2, -0.15) is 4.72 Å². The lowest BCUT2D eigenvalue weighted by Crippen LogP contribution is -2.30. The second-order valence-corrected chi connectivity index (χ2v) is 8.12. The highest BCUT2D eigenvalue weighted by Gasteiger charge is 2.16. The van der Waals surface area contributed by atoms with Gasteiger partial charge in [-0.1, -0.05) is 12.1 Å². The highest BCUT2D eigenvalue weighted by atomic mass is 32.2. The number of thiazole rings is 1. The summed E-state index contributed by atoms with van der Waals surface area (Å²) in [5, 5.41) is 0.651. The topological polar surface area (TPSA) is 94.6 Å². The van der Waals surface area contributed by atoms with Gasteiger partial charge in [-0.15, -0.1) is 11.3 Å². The van der Waals surface area contributed by atoms with Crippen molar-refractivity contribution >= 4 is 37.5 Å². The van der Waals surface area contributed by atoms with E-state index in [4.69, 9.17) is 9.47 Å². The molecule has 7 nitrogen and oxygen atoms in total. The molecule has 1 aromatic heterocycles. The smallest absolute Gasteiger partial charge is 0.321 e. The zero-order valence-corrected chi connectivity index (χ0v) is 15.5. The first kappa shape index (κ1) is 18.3. The third-order valence-corrected chi connectivity index (χ3v) is 5.90. The van der Waals surface area contributed by atoms with Gasteiger partial charge in [0.2, 0.25) is 10.0 Å². The number of aromatic nitrogens is 1. The third-order valence-electron chi connectivity index (χ3n) is 3.47. The minimum atomic E-state index is -3.80. The van der Waals surface area contributed by atoms with Crippen LogP contribution in [0.3, 0.4) is 0 Å². The third kappa shape index (κ3) is 4.37. The maximum atomic E-state index is 12.2. The van der Waals surface area contributed by atoms with Crippen LogP contribution in [0.25, 0.3) is 10.2 Å². The summed E-state index contributed by atoms with van der Waals surface area (Å²) in [6, 6.07) is 13.4. The van der Waals surface area contributed by atoms with Crippen molar-refractivity contribution in [1.82, 2.24) is 9.71 Å². The first-order chi connectivity index (χ1) is 12.5. The number of carbonyl (C=O) groups is 1. The van der Waals surface area contributed by atoms with E-state index in [1.165, 1.54) is 42.7 Å². The number of hydrogen-bond acceptors (Lipinski definition) is 7. The van der Waals surface area contributed by atoms with Crippen LogP contribution in [0.1, 0.15) is 5.01 Å². The van der Waals surface area contributed by atoms with Crippen LogP contribution in [0.4, 0.5) is 0 Å². The zero-order valence-electron chi connectivity index (χ0n) is 13.8. The molecule has 136 valence electrons. The van der Waals surface area contributed by atoms with Gasteiger partial charge in [0.1, 0.15) is 23.9 Å². The number of hydrogen-bond donors (Lipinski definition) is 1. The molecule has 0 saturated carbocycles. The predicted octanol–water partition coefficient (Wildman–Crippen LogP) is 2.33. The Hall–Kier alpha value is -2.49. The lowest BCUT2D eigenvalue weighted by atomic mass is 10.3. The van der Waals surface area contributed by atoms with Crippen LogP contribution in [0.2, 0.25) is 0 Å². The van der Waals surface area contributed by atoms with E-state index in [1.807, 2.05) is 24.3 Å². The predicted molar refractivity (Wildman–Crippen MR) is 97.6 cm³/mol. The normalized spacial score (nSPS) is 11.4. The highest BCUT2D eigenvalue weighted by Crippen LogP contribution is 2.22. The molecule has 0 aliphatic heterocycles. The molecule has 2 aromatic carbocycles. The minimum absolute atomic E-state index is 0.00242. The van der Waals surface area contributed by atoms with Gasteiger partial charge in [-0.3, -0.25) is 4.79 Å². The van der Waals surface area contributed by atoms with E-state index in [-0.39, 0.29) is 11.5 Å². The van der Waals surface area contributed by atoms with Crippen molar-refractivity contribution in [2.75, 3.05) is 13.7 Å². The summed E-state index contributed by atoms with van der Waals surface area (Å²) in [7, 11) is -2.31. The molecule has 26 heavy (non-hydrogen) atoms. The average molecular weight is 392 g/mol. The molecule has 1 N–H and O–H groups in total. The van der Waals surface area contributed by atoms with Crippen molar-refractivity contribution in [3.8, 4) is 5.75 Å². The van der Waals surface area contributed by atoms with Crippen molar-refractivity contribution in [2.24, 2.45) is 0 Å². The molecule has 0 unspecified atom stereocenters. The molecule has 9 heteroatoms. The molecule has 0 atom stereocenters. The molecule has 3 rings (SSSR count). The van der Waals surface area contributed by atoms with E-state index in [0.717, 1.165) is 10.2 Å². The summed E-state index contributed by atoms with van der Waals surface area (Å²) in [6.07, 6.45) is 0. The molecule has 0 saturated heterocycles. The van der Waals surface area contributed by atoms with Crippen LogP contribution in [-0.2, 0) is 26.2 Å². The summed E-state index contributed by atoms with van der Waals surface area (Å²) in [4.78, 5) is 16.2. The number of para-hydroxylation sites is 1. The SMILES string of the molecule is COc1ccc(S(=O)(=O)NCC(=O)OCc2nc3ccccc3s2)cc1. The van der Waals surface area contributed by atoms with E-state index in [9.17, 15) is 13.2 Å². The van der Waals surface area contributed by atoms with E-state index in [0.29, 0.717) is 10.8 Å². The number of esters is 1. The molecule has 0 fully saturated rings. The maximum absolute atomic E-state index is 12.2. The molecule has 0 amide bonds. The average Bonchev–Trinajstić information content (AvgIpc) is 3.08. The molecule has 0 bridgehead atoms. The van der Waals surface area contributed by atoms with Gasteiger partial charge < -0.3 is 9.47 Å². The van der Waals surface area contributed by atoms with Gasteiger partial charge in [-0.25, -0.2) is 13.4 Å². The molecular weight excluding hydrogens is 376 g/mol. The van der Waals surface area contributed by atoms with Gasteiger partial charge in [-0.05, 0) is 36.4 Å². The summed E-state index contributed by atoms with van der Waals surface area (Å²) in [5.74, 6) is -0.138. The van der Waals surface area contributed by atoms with Crippen LogP contribution in [0.15, 0.2) is 53.4 Å². The van der Waals surface area contributed by atoms with Gasteiger partial charge in [0, 0.05) is 0 Å².